The van der Waals surface area contributed by atoms with E-state index >= 15 is 0 Å². The monoisotopic (exact) mass is 367 g/mol. The molecule has 1 amide bonds. The second-order valence-corrected chi connectivity index (χ2v) is 7.17. The fourth-order valence-electron chi connectivity index (χ4n) is 3.57. The van der Waals surface area contributed by atoms with Gasteiger partial charge in [-0.15, -0.1) is 0 Å². The SMILES string of the molecule is Cc1ccccc1CN1CCC(C(=O)Nc2cccc([N+](=O)[O-])c2C)CC1. The van der Waals surface area contributed by atoms with Crippen molar-refractivity contribution in [1.29, 1.82) is 0 Å². The van der Waals surface area contributed by atoms with Crippen molar-refractivity contribution in [1.82, 2.24) is 4.90 Å². The van der Waals surface area contributed by atoms with Crippen LogP contribution in [0.15, 0.2) is 42.5 Å². The van der Waals surface area contributed by atoms with Crippen LogP contribution in [-0.4, -0.2) is 28.8 Å². The van der Waals surface area contributed by atoms with E-state index in [2.05, 4.69) is 35.3 Å². The number of hydrogen-bond acceptors (Lipinski definition) is 4. The molecule has 0 aliphatic carbocycles. The molecular weight excluding hydrogens is 342 g/mol. The minimum absolute atomic E-state index is 0.0286. The Bertz CT molecular complexity index is 842. The van der Waals surface area contributed by atoms with Crippen LogP contribution in [-0.2, 0) is 11.3 Å². The summed E-state index contributed by atoms with van der Waals surface area (Å²) < 4.78 is 0. The number of carbonyl (C=O) groups is 1. The number of nitro groups is 1. The van der Waals surface area contributed by atoms with Gasteiger partial charge in [-0.3, -0.25) is 19.8 Å². The number of nitrogens with zero attached hydrogens (tertiary/aromatic N) is 2. The highest BCUT2D eigenvalue weighted by Crippen LogP contribution is 2.27. The molecule has 2 aromatic carbocycles. The molecule has 1 heterocycles. The summed E-state index contributed by atoms with van der Waals surface area (Å²) in [6.07, 6.45) is 1.59. The Balaban J connectivity index is 1.57. The number of hydrogen-bond donors (Lipinski definition) is 1. The second kappa shape index (κ2) is 8.31. The van der Waals surface area contributed by atoms with E-state index in [1.54, 1.807) is 19.1 Å². The van der Waals surface area contributed by atoms with E-state index in [1.807, 2.05) is 6.07 Å². The van der Waals surface area contributed by atoms with Gasteiger partial charge in [0.15, 0.2) is 0 Å². The molecule has 0 radical (unpaired) electrons. The molecule has 0 spiro atoms. The van der Waals surface area contributed by atoms with E-state index < -0.39 is 4.92 Å². The molecule has 1 aliphatic rings. The molecule has 1 saturated heterocycles. The number of anilines is 1. The molecule has 0 bridgehead atoms. The predicted octanol–water partition coefficient (Wildman–Crippen LogP) is 4.06. The van der Waals surface area contributed by atoms with Gasteiger partial charge in [-0.05, 0) is 57.0 Å². The molecule has 0 unspecified atom stereocenters. The van der Waals surface area contributed by atoms with Crippen molar-refractivity contribution in [2.24, 2.45) is 5.92 Å². The molecule has 1 fully saturated rings. The third kappa shape index (κ3) is 4.52. The zero-order valence-corrected chi connectivity index (χ0v) is 15.8. The Kier molecular flexibility index (Phi) is 5.86. The van der Waals surface area contributed by atoms with E-state index in [0.717, 1.165) is 32.5 Å². The molecule has 2 aromatic rings. The highest BCUT2D eigenvalue weighted by molar-refractivity contribution is 5.93. The Labute approximate surface area is 159 Å². The number of piperidine rings is 1. The second-order valence-electron chi connectivity index (χ2n) is 7.17. The maximum Gasteiger partial charge on any atom is 0.274 e. The fraction of sp³-hybridized carbons (Fsp3) is 0.381. The number of benzene rings is 2. The summed E-state index contributed by atoms with van der Waals surface area (Å²) in [5.74, 6) is -0.106. The van der Waals surface area contributed by atoms with Crippen molar-refractivity contribution >= 4 is 17.3 Å². The third-order valence-corrected chi connectivity index (χ3v) is 5.37. The first-order valence-electron chi connectivity index (χ1n) is 9.27. The van der Waals surface area contributed by atoms with Gasteiger partial charge in [0.1, 0.15) is 0 Å². The van der Waals surface area contributed by atoms with Crippen molar-refractivity contribution in [3.05, 3.63) is 69.3 Å². The Morgan fingerprint density at radius 1 is 1.15 bits per heavy atom. The molecule has 1 aliphatic heterocycles. The molecule has 6 nitrogen and oxygen atoms in total. The molecule has 142 valence electrons. The van der Waals surface area contributed by atoms with Gasteiger partial charge in [-0.25, -0.2) is 0 Å². The zero-order chi connectivity index (χ0) is 19.4. The van der Waals surface area contributed by atoms with Crippen LogP contribution in [0.25, 0.3) is 0 Å². The topological polar surface area (TPSA) is 75.5 Å². The van der Waals surface area contributed by atoms with Crippen LogP contribution in [0.4, 0.5) is 11.4 Å². The number of amides is 1. The Hall–Kier alpha value is -2.73. The lowest BCUT2D eigenvalue weighted by molar-refractivity contribution is -0.385. The van der Waals surface area contributed by atoms with Gasteiger partial charge < -0.3 is 5.32 Å². The average molecular weight is 367 g/mol. The first-order chi connectivity index (χ1) is 13.0. The molecule has 0 saturated carbocycles. The number of carbonyl (C=O) groups excluding carboxylic acids is 1. The van der Waals surface area contributed by atoms with E-state index in [4.69, 9.17) is 0 Å². The molecular formula is C21H25N3O3. The van der Waals surface area contributed by atoms with Crippen molar-refractivity contribution in [3.63, 3.8) is 0 Å². The smallest absolute Gasteiger partial charge is 0.274 e. The summed E-state index contributed by atoms with van der Waals surface area (Å²) in [7, 11) is 0. The lowest BCUT2D eigenvalue weighted by atomic mass is 9.95. The van der Waals surface area contributed by atoms with E-state index in [1.165, 1.54) is 17.2 Å². The minimum atomic E-state index is -0.422. The van der Waals surface area contributed by atoms with Gasteiger partial charge >= 0.3 is 0 Å². The number of rotatable bonds is 5. The zero-order valence-electron chi connectivity index (χ0n) is 15.8. The molecule has 6 heteroatoms. The van der Waals surface area contributed by atoms with Gasteiger partial charge in [0.05, 0.1) is 16.2 Å². The first kappa shape index (κ1) is 19.0. The Morgan fingerprint density at radius 3 is 2.52 bits per heavy atom. The van der Waals surface area contributed by atoms with Crippen LogP contribution in [0, 0.1) is 29.9 Å². The van der Waals surface area contributed by atoms with Gasteiger partial charge in [0, 0.05) is 18.5 Å². The van der Waals surface area contributed by atoms with Crippen LogP contribution in [0.1, 0.15) is 29.5 Å². The first-order valence-corrected chi connectivity index (χ1v) is 9.27. The number of nitrogens with one attached hydrogen (secondary N) is 1. The van der Waals surface area contributed by atoms with E-state index in [9.17, 15) is 14.9 Å². The standard InChI is InChI=1S/C21H25N3O3/c1-15-6-3-4-7-18(15)14-23-12-10-17(11-13-23)21(25)22-19-8-5-9-20(16(19)2)24(26)27/h3-9,17H,10-14H2,1-2H3,(H,22,25). The number of aryl methyl sites for hydroxylation is 1. The van der Waals surface area contributed by atoms with Gasteiger partial charge in [-0.2, -0.15) is 0 Å². The van der Waals surface area contributed by atoms with E-state index in [0.29, 0.717) is 11.3 Å². The minimum Gasteiger partial charge on any atom is -0.325 e. The van der Waals surface area contributed by atoms with Gasteiger partial charge in [0.25, 0.3) is 5.69 Å². The Morgan fingerprint density at radius 2 is 1.85 bits per heavy atom. The van der Waals surface area contributed by atoms with Crippen molar-refractivity contribution in [2.75, 3.05) is 18.4 Å². The lowest BCUT2D eigenvalue weighted by Gasteiger charge is -2.31. The van der Waals surface area contributed by atoms with Crippen LogP contribution < -0.4 is 5.32 Å². The summed E-state index contributed by atoms with van der Waals surface area (Å²) in [6, 6.07) is 13.2. The molecule has 27 heavy (non-hydrogen) atoms. The predicted molar refractivity (Wildman–Crippen MR) is 106 cm³/mol. The maximum atomic E-state index is 12.6. The average Bonchev–Trinajstić information content (AvgIpc) is 2.65. The summed E-state index contributed by atoms with van der Waals surface area (Å²) in [4.78, 5) is 25.6. The van der Waals surface area contributed by atoms with Crippen LogP contribution in [0.3, 0.4) is 0 Å². The summed E-state index contributed by atoms with van der Waals surface area (Å²) in [5.41, 5.74) is 3.66. The largest absolute Gasteiger partial charge is 0.325 e. The van der Waals surface area contributed by atoms with Gasteiger partial charge in [-0.1, -0.05) is 30.3 Å². The fourth-order valence-corrected chi connectivity index (χ4v) is 3.57. The van der Waals surface area contributed by atoms with Crippen LogP contribution in [0.5, 0.6) is 0 Å². The van der Waals surface area contributed by atoms with Crippen LogP contribution >= 0.6 is 0 Å². The maximum absolute atomic E-state index is 12.6. The summed E-state index contributed by atoms with van der Waals surface area (Å²) in [6.45, 7) is 6.45. The number of likely N-dealkylation sites (tertiary alicyclic amines) is 1. The van der Waals surface area contributed by atoms with Crippen molar-refractivity contribution in [2.45, 2.75) is 33.2 Å². The van der Waals surface area contributed by atoms with Crippen LogP contribution in [0.2, 0.25) is 0 Å². The molecule has 0 aromatic heterocycles. The lowest BCUT2D eigenvalue weighted by Crippen LogP contribution is -2.38. The molecule has 3 rings (SSSR count). The normalized spacial score (nSPS) is 15.5. The summed E-state index contributed by atoms with van der Waals surface area (Å²) >= 11 is 0. The highest BCUT2D eigenvalue weighted by Gasteiger charge is 2.26. The third-order valence-electron chi connectivity index (χ3n) is 5.37. The van der Waals surface area contributed by atoms with Gasteiger partial charge in [0.2, 0.25) is 5.91 Å². The molecule has 1 N–H and O–H groups in total. The highest BCUT2D eigenvalue weighted by atomic mass is 16.6. The quantitative estimate of drug-likeness (QED) is 0.639. The van der Waals surface area contributed by atoms with Crippen molar-refractivity contribution in [3.8, 4) is 0 Å². The van der Waals surface area contributed by atoms with E-state index in [-0.39, 0.29) is 17.5 Å². The molecule has 0 atom stereocenters. The van der Waals surface area contributed by atoms with Crippen molar-refractivity contribution < 1.29 is 9.72 Å². The summed E-state index contributed by atoms with van der Waals surface area (Å²) in [5, 5.41) is 13.9. The number of nitro benzene ring substituents is 1.